The molecule has 0 saturated carbocycles. The fourth-order valence-electron chi connectivity index (χ4n) is 2.22. The summed E-state index contributed by atoms with van der Waals surface area (Å²) in [6.07, 6.45) is 1.64. The van der Waals surface area contributed by atoms with Crippen LogP contribution >= 0.6 is 23.4 Å². The lowest BCUT2D eigenvalue weighted by atomic mass is 10.1. The van der Waals surface area contributed by atoms with Crippen LogP contribution in [0.15, 0.2) is 40.2 Å². The number of rotatable bonds is 3. The zero-order valence-electron chi connectivity index (χ0n) is 13.1. The van der Waals surface area contributed by atoms with Crippen LogP contribution in [0.3, 0.4) is 0 Å². The van der Waals surface area contributed by atoms with Crippen molar-refractivity contribution in [3.63, 3.8) is 0 Å². The Labute approximate surface area is 143 Å². The van der Waals surface area contributed by atoms with E-state index in [4.69, 9.17) is 11.6 Å². The van der Waals surface area contributed by atoms with Crippen molar-refractivity contribution in [1.82, 2.24) is 19.7 Å². The molecular weight excluding hydrogens is 332 g/mol. The standard InChI is InChI=1S/C16H17ClN4OS/c1-16(2,3)21-15(22)14(17)12(8-18-21)23-9-13-19-10-6-4-5-7-11(10)20-13/h4-8H,9H2,1-3H3,(H,19,20). The molecule has 3 rings (SSSR count). The van der Waals surface area contributed by atoms with Crippen molar-refractivity contribution in [2.24, 2.45) is 0 Å². The Morgan fingerprint density at radius 3 is 2.74 bits per heavy atom. The van der Waals surface area contributed by atoms with Gasteiger partial charge in [0.15, 0.2) is 0 Å². The topological polar surface area (TPSA) is 63.6 Å². The van der Waals surface area contributed by atoms with Crippen LogP contribution in [-0.2, 0) is 11.3 Å². The first-order valence-electron chi connectivity index (χ1n) is 7.21. The summed E-state index contributed by atoms with van der Waals surface area (Å²) in [5.74, 6) is 1.43. The van der Waals surface area contributed by atoms with Crippen LogP contribution in [0.25, 0.3) is 11.0 Å². The van der Waals surface area contributed by atoms with Crippen molar-refractivity contribution in [3.05, 3.63) is 51.7 Å². The Balaban J connectivity index is 1.83. The molecule has 0 atom stereocenters. The molecule has 2 aromatic heterocycles. The largest absolute Gasteiger partial charge is 0.341 e. The number of para-hydroxylation sites is 2. The molecule has 0 aliphatic carbocycles. The molecule has 7 heteroatoms. The van der Waals surface area contributed by atoms with Crippen molar-refractivity contribution in [3.8, 4) is 0 Å². The van der Waals surface area contributed by atoms with Crippen LogP contribution in [0.5, 0.6) is 0 Å². The highest BCUT2D eigenvalue weighted by Gasteiger charge is 2.19. The van der Waals surface area contributed by atoms with Crippen LogP contribution in [0, 0.1) is 0 Å². The quantitative estimate of drug-likeness (QED) is 0.731. The highest BCUT2D eigenvalue weighted by Crippen LogP contribution is 2.27. The van der Waals surface area contributed by atoms with Gasteiger partial charge in [-0.2, -0.15) is 5.10 Å². The molecule has 3 aromatic rings. The van der Waals surface area contributed by atoms with E-state index < -0.39 is 5.54 Å². The maximum Gasteiger partial charge on any atom is 0.287 e. The third-order valence-corrected chi connectivity index (χ3v) is 4.84. The predicted molar refractivity (Wildman–Crippen MR) is 94.2 cm³/mol. The number of hydrogen-bond acceptors (Lipinski definition) is 4. The van der Waals surface area contributed by atoms with Crippen molar-refractivity contribution < 1.29 is 0 Å². The second-order valence-corrected chi connectivity index (χ2v) is 7.60. The lowest BCUT2D eigenvalue weighted by Crippen LogP contribution is -2.36. The van der Waals surface area contributed by atoms with Gasteiger partial charge in [0.05, 0.1) is 33.4 Å². The SMILES string of the molecule is CC(C)(C)n1ncc(SCc2nc3ccccc3[nH]2)c(Cl)c1=O. The minimum Gasteiger partial charge on any atom is -0.341 e. The number of thioether (sulfide) groups is 1. The molecule has 2 heterocycles. The lowest BCUT2D eigenvalue weighted by molar-refractivity contribution is 0.336. The van der Waals surface area contributed by atoms with Crippen LogP contribution in [-0.4, -0.2) is 19.7 Å². The zero-order chi connectivity index (χ0) is 16.6. The van der Waals surface area contributed by atoms with Gasteiger partial charge in [-0.3, -0.25) is 4.79 Å². The van der Waals surface area contributed by atoms with Crippen LogP contribution in [0.2, 0.25) is 5.02 Å². The summed E-state index contributed by atoms with van der Waals surface area (Å²) in [5.41, 5.74) is 1.25. The van der Waals surface area contributed by atoms with E-state index in [9.17, 15) is 4.79 Å². The minimum absolute atomic E-state index is 0.205. The van der Waals surface area contributed by atoms with Gasteiger partial charge < -0.3 is 4.98 Å². The fourth-order valence-corrected chi connectivity index (χ4v) is 3.27. The molecule has 0 amide bonds. The average Bonchev–Trinajstić information content (AvgIpc) is 2.90. The van der Waals surface area contributed by atoms with E-state index >= 15 is 0 Å². The highest BCUT2D eigenvalue weighted by molar-refractivity contribution is 7.98. The molecule has 0 bridgehead atoms. The second-order valence-electron chi connectivity index (χ2n) is 6.20. The number of halogens is 1. The van der Waals surface area contributed by atoms with Gasteiger partial charge in [0.1, 0.15) is 10.8 Å². The molecule has 23 heavy (non-hydrogen) atoms. The first-order chi connectivity index (χ1) is 10.9. The van der Waals surface area contributed by atoms with E-state index in [0.29, 0.717) is 10.6 Å². The first kappa shape index (κ1) is 16.1. The maximum absolute atomic E-state index is 12.3. The second kappa shape index (κ2) is 6.02. The molecule has 0 radical (unpaired) electrons. The minimum atomic E-state index is -0.400. The molecule has 0 saturated heterocycles. The van der Waals surface area contributed by atoms with Crippen LogP contribution < -0.4 is 5.56 Å². The van der Waals surface area contributed by atoms with E-state index in [1.54, 1.807) is 6.20 Å². The van der Waals surface area contributed by atoms with E-state index in [1.807, 2.05) is 45.0 Å². The van der Waals surface area contributed by atoms with Gasteiger partial charge in [0.25, 0.3) is 5.56 Å². The summed E-state index contributed by atoms with van der Waals surface area (Å²) in [6, 6.07) is 7.85. The Hall–Kier alpha value is -1.79. The van der Waals surface area contributed by atoms with Gasteiger partial charge in [-0.1, -0.05) is 23.7 Å². The molecule has 5 nitrogen and oxygen atoms in total. The number of nitrogens with one attached hydrogen (secondary N) is 1. The third kappa shape index (κ3) is 3.28. The van der Waals surface area contributed by atoms with E-state index in [0.717, 1.165) is 16.9 Å². The van der Waals surface area contributed by atoms with Gasteiger partial charge in [-0.25, -0.2) is 9.67 Å². The summed E-state index contributed by atoms with van der Waals surface area (Å²) in [7, 11) is 0. The molecule has 1 N–H and O–H groups in total. The number of aromatic nitrogens is 4. The van der Waals surface area contributed by atoms with E-state index in [2.05, 4.69) is 15.1 Å². The number of nitrogens with zero attached hydrogens (tertiary/aromatic N) is 3. The lowest BCUT2D eigenvalue weighted by Gasteiger charge is -2.20. The van der Waals surface area contributed by atoms with Crippen molar-refractivity contribution in [1.29, 1.82) is 0 Å². The van der Waals surface area contributed by atoms with Crippen LogP contribution in [0.4, 0.5) is 0 Å². The van der Waals surface area contributed by atoms with Crippen molar-refractivity contribution in [2.75, 3.05) is 0 Å². The molecule has 120 valence electrons. The molecular formula is C16H17ClN4OS. The van der Waals surface area contributed by atoms with Gasteiger partial charge >= 0.3 is 0 Å². The van der Waals surface area contributed by atoms with Gasteiger partial charge in [0, 0.05) is 0 Å². The van der Waals surface area contributed by atoms with E-state index in [1.165, 1.54) is 16.4 Å². The molecule has 0 aliphatic heterocycles. The molecule has 1 aromatic carbocycles. The highest BCUT2D eigenvalue weighted by atomic mass is 35.5. The summed E-state index contributed by atoms with van der Waals surface area (Å²) < 4.78 is 1.40. The summed E-state index contributed by atoms with van der Waals surface area (Å²) in [5, 5.41) is 4.44. The summed E-state index contributed by atoms with van der Waals surface area (Å²) in [4.78, 5) is 20.8. The number of imidazole rings is 1. The number of fused-ring (bicyclic) bond motifs is 1. The average molecular weight is 349 g/mol. The van der Waals surface area contributed by atoms with Crippen molar-refractivity contribution >= 4 is 34.4 Å². The fraction of sp³-hybridized carbons (Fsp3) is 0.312. The van der Waals surface area contributed by atoms with Gasteiger partial charge in [-0.15, -0.1) is 11.8 Å². The smallest absolute Gasteiger partial charge is 0.287 e. The maximum atomic E-state index is 12.3. The number of hydrogen-bond donors (Lipinski definition) is 1. The Morgan fingerprint density at radius 1 is 1.30 bits per heavy atom. The third-order valence-electron chi connectivity index (χ3n) is 3.33. The zero-order valence-corrected chi connectivity index (χ0v) is 14.7. The van der Waals surface area contributed by atoms with Crippen molar-refractivity contribution in [2.45, 2.75) is 37.0 Å². The number of benzene rings is 1. The Morgan fingerprint density at radius 2 is 2.04 bits per heavy atom. The monoisotopic (exact) mass is 348 g/mol. The molecule has 0 fully saturated rings. The molecule has 0 aliphatic rings. The Bertz CT molecular complexity index is 877. The normalized spacial score (nSPS) is 12.0. The summed E-state index contributed by atoms with van der Waals surface area (Å²) >= 11 is 7.67. The molecule has 0 spiro atoms. The molecule has 0 unspecified atom stereocenters. The Kier molecular flexibility index (Phi) is 4.21. The van der Waals surface area contributed by atoms with Gasteiger partial charge in [-0.05, 0) is 32.9 Å². The van der Waals surface area contributed by atoms with E-state index in [-0.39, 0.29) is 10.6 Å². The first-order valence-corrected chi connectivity index (χ1v) is 8.57. The van der Waals surface area contributed by atoms with Gasteiger partial charge in [0.2, 0.25) is 0 Å². The number of H-pyrrole nitrogens is 1. The summed E-state index contributed by atoms with van der Waals surface area (Å²) in [6.45, 7) is 5.75. The van der Waals surface area contributed by atoms with Crippen LogP contribution in [0.1, 0.15) is 26.6 Å². The number of aromatic amines is 1. The predicted octanol–water partition coefficient (Wildman–Crippen LogP) is 3.82.